The van der Waals surface area contributed by atoms with Crippen LogP contribution in [0.25, 0.3) is 0 Å². The fraction of sp³-hybridized carbons (Fsp3) is 0.263. The van der Waals surface area contributed by atoms with Gasteiger partial charge in [0, 0.05) is 30.3 Å². The Kier molecular flexibility index (Phi) is 6.01. The Morgan fingerprint density at radius 2 is 1.85 bits per heavy atom. The van der Waals surface area contributed by atoms with E-state index in [0.717, 1.165) is 30.2 Å². The number of carboxylic acid groups (broad SMARTS) is 1. The molecule has 2 aromatic rings. The summed E-state index contributed by atoms with van der Waals surface area (Å²) in [6, 6.07) is 14.3. The average Bonchev–Trinajstić information content (AvgIpc) is 2.68. The van der Waals surface area contributed by atoms with E-state index >= 15 is 0 Å². The number of nitrogens with zero attached hydrogens (tertiary/aromatic N) is 1. The van der Waals surface area contributed by atoms with Crippen LogP contribution in [0.2, 0.25) is 0 Å². The molecule has 3 rings (SSSR count). The van der Waals surface area contributed by atoms with Gasteiger partial charge in [-0.2, -0.15) is 11.8 Å². The zero-order chi connectivity index (χ0) is 18.4. The molecule has 7 heteroatoms. The van der Waals surface area contributed by atoms with Gasteiger partial charge in [0.05, 0.1) is 11.3 Å². The first kappa shape index (κ1) is 18.1. The first-order valence-corrected chi connectivity index (χ1v) is 9.47. The number of carboxylic acids is 1. The number of carbonyl (C=O) groups excluding carboxylic acids is 1. The van der Waals surface area contributed by atoms with Crippen LogP contribution in [0.5, 0.6) is 0 Å². The zero-order valence-electron chi connectivity index (χ0n) is 14.2. The highest BCUT2D eigenvalue weighted by Crippen LogP contribution is 2.27. The molecule has 0 aliphatic carbocycles. The summed E-state index contributed by atoms with van der Waals surface area (Å²) in [6.45, 7) is 1.79. The number of anilines is 2. The lowest BCUT2D eigenvalue weighted by Crippen LogP contribution is -2.33. The fourth-order valence-electron chi connectivity index (χ4n) is 2.74. The molecule has 136 valence electrons. The molecule has 1 aliphatic rings. The number of benzene rings is 2. The number of aromatic carboxylic acids is 1. The van der Waals surface area contributed by atoms with Crippen LogP contribution in [-0.4, -0.2) is 41.8 Å². The van der Waals surface area contributed by atoms with E-state index in [0.29, 0.717) is 11.4 Å². The normalized spacial score (nSPS) is 13.9. The molecule has 1 aliphatic heterocycles. The highest BCUT2D eigenvalue weighted by Gasteiger charge is 2.19. The van der Waals surface area contributed by atoms with Gasteiger partial charge in [-0.25, -0.2) is 9.59 Å². The Balaban J connectivity index is 1.67. The van der Waals surface area contributed by atoms with Crippen LogP contribution in [0.3, 0.4) is 0 Å². The van der Waals surface area contributed by atoms with E-state index in [2.05, 4.69) is 10.2 Å². The van der Waals surface area contributed by atoms with E-state index in [4.69, 9.17) is 4.74 Å². The second kappa shape index (κ2) is 8.62. The lowest BCUT2D eigenvalue weighted by Gasteiger charge is -2.29. The average molecular weight is 372 g/mol. The van der Waals surface area contributed by atoms with Crippen molar-refractivity contribution in [2.24, 2.45) is 0 Å². The summed E-state index contributed by atoms with van der Waals surface area (Å²) in [5.74, 6) is 0.940. The third-order valence-corrected chi connectivity index (χ3v) is 4.98. The number of hydrogen-bond acceptors (Lipinski definition) is 5. The molecule has 0 radical (unpaired) electrons. The van der Waals surface area contributed by atoms with Crippen molar-refractivity contribution < 1.29 is 19.4 Å². The Morgan fingerprint density at radius 3 is 2.54 bits per heavy atom. The van der Waals surface area contributed by atoms with E-state index < -0.39 is 12.1 Å². The maximum Gasteiger partial charge on any atom is 0.411 e. The molecule has 2 aromatic carbocycles. The molecule has 0 spiro atoms. The second-order valence-electron chi connectivity index (χ2n) is 5.82. The summed E-state index contributed by atoms with van der Waals surface area (Å²) >= 11 is 1.86. The van der Waals surface area contributed by atoms with Crippen molar-refractivity contribution in [3.05, 3.63) is 59.7 Å². The minimum Gasteiger partial charge on any atom is -0.478 e. The van der Waals surface area contributed by atoms with E-state index in [1.807, 2.05) is 42.1 Å². The quantitative estimate of drug-likeness (QED) is 0.833. The van der Waals surface area contributed by atoms with Crippen LogP contribution >= 0.6 is 11.8 Å². The minimum atomic E-state index is -1.01. The number of thioether (sulfide) groups is 1. The summed E-state index contributed by atoms with van der Waals surface area (Å²) < 4.78 is 5.17. The highest BCUT2D eigenvalue weighted by atomic mass is 32.2. The third kappa shape index (κ3) is 4.70. The molecular formula is C19H20N2O4S. The van der Waals surface area contributed by atoms with Crippen LogP contribution < -0.4 is 10.2 Å². The van der Waals surface area contributed by atoms with Crippen molar-refractivity contribution >= 4 is 35.2 Å². The van der Waals surface area contributed by atoms with Gasteiger partial charge in [-0.1, -0.05) is 30.3 Å². The Morgan fingerprint density at radius 1 is 1.12 bits per heavy atom. The van der Waals surface area contributed by atoms with Gasteiger partial charge >= 0.3 is 12.1 Å². The third-order valence-electron chi connectivity index (χ3n) is 4.04. The van der Waals surface area contributed by atoms with Gasteiger partial charge in [0.2, 0.25) is 0 Å². The summed E-state index contributed by atoms with van der Waals surface area (Å²) in [7, 11) is 0. The molecule has 0 bridgehead atoms. The predicted octanol–water partition coefficient (Wildman–Crippen LogP) is 3.69. The number of ether oxygens (including phenoxy) is 1. The van der Waals surface area contributed by atoms with Gasteiger partial charge in [0.15, 0.2) is 0 Å². The van der Waals surface area contributed by atoms with Crippen molar-refractivity contribution in [3.63, 3.8) is 0 Å². The summed E-state index contributed by atoms with van der Waals surface area (Å²) in [4.78, 5) is 25.7. The predicted molar refractivity (Wildman–Crippen MR) is 103 cm³/mol. The lowest BCUT2D eigenvalue weighted by atomic mass is 10.1. The first-order chi connectivity index (χ1) is 12.6. The molecule has 2 N–H and O–H groups in total. The molecule has 1 fully saturated rings. The highest BCUT2D eigenvalue weighted by molar-refractivity contribution is 7.99. The summed E-state index contributed by atoms with van der Waals surface area (Å²) in [5, 5.41) is 12.1. The molecular weight excluding hydrogens is 352 g/mol. The van der Waals surface area contributed by atoms with Crippen molar-refractivity contribution in [2.45, 2.75) is 6.61 Å². The summed E-state index contributed by atoms with van der Waals surface area (Å²) in [5.41, 5.74) is 2.14. The van der Waals surface area contributed by atoms with E-state index in [1.165, 1.54) is 6.07 Å². The Hall–Kier alpha value is -2.67. The lowest BCUT2D eigenvalue weighted by molar-refractivity contribution is 0.0697. The first-order valence-electron chi connectivity index (χ1n) is 8.31. The van der Waals surface area contributed by atoms with Crippen LogP contribution in [0.4, 0.5) is 16.2 Å². The largest absolute Gasteiger partial charge is 0.478 e. The van der Waals surface area contributed by atoms with Crippen LogP contribution in [-0.2, 0) is 11.3 Å². The van der Waals surface area contributed by atoms with Gasteiger partial charge in [0.25, 0.3) is 0 Å². The zero-order valence-corrected chi connectivity index (χ0v) is 15.0. The van der Waals surface area contributed by atoms with Gasteiger partial charge < -0.3 is 14.7 Å². The number of rotatable bonds is 5. The van der Waals surface area contributed by atoms with E-state index in [-0.39, 0.29) is 12.2 Å². The van der Waals surface area contributed by atoms with Crippen molar-refractivity contribution in [2.75, 3.05) is 34.8 Å². The van der Waals surface area contributed by atoms with Crippen LogP contribution in [0.1, 0.15) is 15.9 Å². The number of hydrogen-bond donors (Lipinski definition) is 2. The Bertz CT molecular complexity index is 776. The second-order valence-corrected chi connectivity index (χ2v) is 7.05. The molecule has 6 nitrogen and oxygen atoms in total. The molecule has 0 atom stereocenters. The molecule has 0 aromatic heterocycles. The van der Waals surface area contributed by atoms with Gasteiger partial charge in [-0.15, -0.1) is 0 Å². The molecule has 0 unspecified atom stereocenters. The maximum atomic E-state index is 12.0. The maximum absolute atomic E-state index is 12.0. The van der Waals surface area contributed by atoms with Gasteiger partial charge in [-0.3, -0.25) is 5.32 Å². The van der Waals surface area contributed by atoms with Crippen molar-refractivity contribution in [3.8, 4) is 0 Å². The van der Waals surface area contributed by atoms with Gasteiger partial charge in [-0.05, 0) is 23.8 Å². The fourth-order valence-corrected chi connectivity index (χ4v) is 3.65. The van der Waals surface area contributed by atoms with Crippen LogP contribution in [0, 0.1) is 0 Å². The van der Waals surface area contributed by atoms with Crippen LogP contribution in [0.15, 0.2) is 48.5 Å². The van der Waals surface area contributed by atoms with Crippen molar-refractivity contribution in [1.82, 2.24) is 0 Å². The molecule has 1 saturated heterocycles. The molecule has 1 amide bonds. The van der Waals surface area contributed by atoms with Gasteiger partial charge in [0.1, 0.15) is 6.61 Å². The number of nitrogens with one attached hydrogen (secondary N) is 1. The summed E-state index contributed by atoms with van der Waals surface area (Å²) in [6.07, 6.45) is -0.618. The Labute approximate surface area is 156 Å². The number of carbonyl (C=O) groups is 2. The smallest absolute Gasteiger partial charge is 0.411 e. The molecule has 1 heterocycles. The number of amides is 1. The minimum absolute atomic E-state index is 0.155. The van der Waals surface area contributed by atoms with E-state index in [9.17, 15) is 14.7 Å². The van der Waals surface area contributed by atoms with E-state index in [1.54, 1.807) is 12.1 Å². The molecule has 0 saturated carbocycles. The SMILES string of the molecule is O=C(Nc1ccc(N2CCSCC2)c(C(=O)O)c1)OCc1ccccc1. The standard InChI is InChI=1S/C19H20N2O4S/c22-18(23)16-12-15(6-7-17(16)21-8-10-26-11-9-21)20-19(24)25-13-14-4-2-1-3-5-14/h1-7,12H,8-11,13H2,(H,20,24)(H,22,23). The van der Waals surface area contributed by atoms with Crippen molar-refractivity contribution in [1.29, 1.82) is 0 Å². The monoisotopic (exact) mass is 372 g/mol. The topological polar surface area (TPSA) is 78.9 Å². The molecule has 26 heavy (non-hydrogen) atoms.